The van der Waals surface area contributed by atoms with E-state index in [0.717, 1.165) is 16.9 Å². The number of aliphatic hydroxyl groups is 1. The van der Waals surface area contributed by atoms with E-state index in [9.17, 15) is 5.11 Å². The number of rotatable bonds is 4. The van der Waals surface area contributed by atoms with Crippen molar-refractivity contribution < 1.29 is 14.6 Å². The molecule has 1 aromatic rings. The topological polar surface area (TPSA) is 38.7 Å². The van der Waals surface area contributed by atoms with Crippen LogP contribution >= 0.6 is 11.6 Å². The van der Waals surface area contributed by atoms with E-state index in [1.807, 2.05) is 19.1 Å². The van der Waals surface area contributed by atoms with Gasteiger partial charge in [-0.1, -0.05) is 11.6 Å². The predicted molar refractivity (Wildman–Crippen MR) is 66.9 cm³/mol. The van der Waals surface area contributed by atoms with Crippen molar-refractivity contribution in [3.8, 4) is 5.75 Å². The van der Waals surface area contributed by atoms with Gasteiger partial charge in [0.2, 0.25) is 0 Å². The van der Waals surface area contributed by atoms with E-state index in [0.29, 0.717) is 24.7 Å². The molecule has 3 nitrogen and oxygen atoms in total. The van der Waals surface area contributed by atoms with E-state index in [4.69, 9.17) is 21.1 Å². The second-order valence-electron chi connectivity index (χ2n) is 4.55. The van der Waals surface area contributed by atoms with Crippen LogP contribution in [0.4, 0.5) is 0 Å². The van der Waals surface area contributed by atoms with Gasteiger partial charge in [0.05, 0.1) is 20.3 Å². The first-order chi connectivity index (χ1) is 8.13. The minimum Gasteiger partial charge on any atom is -0.496 e. The summed E-state index contributed by atoms with van der Waals surface area (Å²) in [5, 5.41) is 9.90. The van der Waals surface area contributed by atoms with Gasteiger partial charge in [0, 0.05) is 22.6 Å². The van der Waals surface area contributed by atoms with Crippen LogP contribution in [-0.2, 0) is 10.2 Å². The summed E-state index contributed by atoms with van der Waals surface area (Å²) in [6, 6.07) is 3.81. The number of benzene rings is 1. The molecule has 2 rings (SSSR count). The number of hydrogen-bond acceptors (Lipinski definition) is 3. The van der Waals surface area contributed by atoms with Crippen molar-refractivity contribution in [3.63, 3.8) is 0 Å². The van der Waals surface area contributed by atoms with E-state index in [1.54, 1.807) is 7.11 Å². The Bertz CT molecular complexity index is 413. The smallest absolute Gasteiger partial charge is 0.125 e. The van der Waals surface area contributed by atoms with Crippen LogP contribution in [0.5, 0.6) is 5.75 Å². The molecule has 17 heavy (non-hydrogen) atoms. The molecule has 0 spiro atoms. The first kappa shape index (κ1) is 12.7. The lowest BCUT2D eigenvalue weighted by molar-refractivity contribution is -0.0709. The van der Waals surface area contributed by atoms with Crippen molar-refractivity contribution >= 4 is 11.6 Å². The zero-order chi connectivity index (χ0) is 12.5. The van der Waals surface area contributed by atoms with Gasteiger partial charge in [0.15, 0.2) is 0 Å². The molecule has 94 valence electrons. The average molecular weight is 257 g/mol. The summed E-state index contributed by atoms with van der Waals surface area (Å²) in [6.45, 7) is 3.34. The Labute approximate surface area is 106 Å². The highest BCUT2D eigenvalue weighted by atomic mass is 35.5. The van der Waals surface area contributed by atoms with E-state index < -0.39 is 0 Å². The fourth-order valence-corrected chi connectivity index (χ4v) is 2.66. The minimum absolute atomic E-state index is 0.137. The largest absolute Gasteiger partial charge is 0.496 e. The average Bonchev–Trinajstić information content (AvgIpc) is 2.22. The molecule has 1 heterocycles. The Kier molecular flexibility index (Phi) is 3.61. The second kappa shape index (κ2) is 4.84. The van der Waals surface area contributed by atoms with Crippen LogP contribution in [0.15, 0.2) is 12.1 Å². The maximum absolute atomic E-state index is 9.20. The Balaban J connectivity index is 2.49. The molecular weight excluding hydrogens is 240 g/mol. The third kappa shape index (κ3) is 2.15. The van der Waals surface area contributed by atoms with Crippen LogP contribution in [0.25, 0.3) is 0 Å². The molecule has 1 N–H and O–H groups in total. The van der Waals surface area contributed by atoms with Crippen LogP contribution in [0, 0.1) is 6.92 Å². The summed E-state index contributed by atoms with van der Waals surface area (Å²) >= 11 is 6.11. The number of hydrogen-bond donors (Lipinski definition) is 1. The van der Waals surface area contributed by atoms with E-state index in [2.05, 4.69) is 0 Å². The minimum atomic E-state index is -0.143. The Morgan fingerprint density at radius 2 is 2.18 bits per heavy atom. The molecule has 1 aromatic carbocycles. The van der Waals surface area contributed by atoms with Crippen molar-refractivity contribution in [3.05, 3.63) is 28.3 Å². The van der Waals surface area contributed by atoms with Gasteiger partial charge in [-0.05, 0) is 31.0 Å². The first-order valence-corrected chi connectivity index (χ1v) is 6.04. The fourth-order valence-electron chi connectivity index (χ4n) is 2.39. The molecule has 1 fully saturated rings. The molecule has 0 bridgehead atoms. The van der Waals surface area contributed by atoms with Gasteiger partial charge in [0.25, 0.3) is 0 Å². The molecular formula is C13H17ClO3. The quantitative estimate of drug-likeness (QED) is 0.899. The highest BCUT2D eigenvalue weighted by Crippen LogP contribution is 2.43. The van der Waals surface area contributed by atoms with Gasteiger partial charge in [-0.15, -0.1) is 0 Å². The zero-order valence-corrected chi connectivity index (χ0v) is 10.9. The second-order valence-corrected chi connectivity index (χ2v) is 4.99. The maximum Gasteiger partial charge on any atom is 0.125 e. The highest BCUT2D eigenvalue weighted by molar-refractivity contribution is 6.30. The summed E-state index contributed by atoms with van der Waals surface area (Å²) in [4.78, 5) is 0. The standard InChI is InChI=1S/C13H17ClO3/c1-9-5-10(14)6-11(12(9)16-2)13(3-4-15)7-17-8-13/h5-6,15H,3-4,7-8H2,1-2H3. The molecule has 1 aliphatic rings. The summed E-state index contributed by atoms with van der Waals surface area (Å²) in [7, 11) is 1.66. The van der Waals surface area contributed by atoms with Gasteiger partial charge in [-0.2, -0.15) is 0 Å². The van der Waals surface area contributed by atoms with Gasteiger partial charge in [-0.3, -0.25) is 0 Å². The molecule has 0 aromatic heterocycles. The molecule has 0 radical (unpaired) electrons. The first-order valence-electron chi connectivity index (χ1n) is 5.66. The number of ether oxygens (including phenoxy) is 2. The maximum atomic E-state index is 9.20. The van der Waals surface area contributed by atoms with E-state index in [1.165, 1.54) is 0 Å². The zero-order valence-electron chi connectivity index (χ0n) is 10.1. The highest BCUT2D eigenvalue weighted by Gasteiger charge is 2.42. The summed E-state index contributed by atoms with van der Waals surface area (Å²) in [5.41, 5.74) is 1.92. The number of methoxy groups -OCH3 is 1. The van der Waals surface area contributed by atoms with Crippen LogP contribution in [-0.4, -0.2) is 32.0 Å². The molecule has 0 unspecified atom stereocenters. The van der Waals surface area contributed by atoms with Crippen molar-refractivity contribution in [1.29, 1.82) is 0 Å². The summed E-state index contributed by atoms with van der Waals surface area (Å²) < 4.78 is 10.8. The number of aryl methyl sites for hydroxylation is 1. The van der Waals surface area contributed by atoms with E-state index >= 15 is 0 Å². The molecule has 0 amide bonds. The van der Waals surface area contributed by atoms with Crippen molar-refractivity contribution in [2.45, 2.75) is 18.8 Å². The lowest BCUT2D eigenvalue weighted by Gasteiger charge is -2.42. The molecule has 0 saturated carbocycles. The van der Waals surface area contributed by atoms with Crippen LogP contribution in [0.1, 0.15) is 17.5 Å². The van der Waals surface area contributed by atoms with Gasteiger partial charge >= 0.3 is 0 Å². The van der Waals surface area contributed by atoms with Crippen molar-refractivity contribution in [2.24, 2.45) is 0 Å². The van der Waals surface area contributed by atoms with Crippen molar-refractivity contribution in [1.82, 2.24) is 0 Å². The normalized spacial score (nSPS) is 17.6. The lowest BCUT2D eigenvalue weighted by atomic mass is 9.75. The third-order valence-electron chi connectivity index (χ3n) is 3.36. The SMILES string of the molecule is COc1c(C)cc(Cl)cc1C1(CCO)COC1. The Hall–Kier alpha value is -0.770. The summed E-state index contributed by atoms with van der Waals surface area (Å²) in [5.74, 6) is 0.853. The number of aliphatic hydroxyl groups excluding tert-OH is 1. The van der Waals surface area contributed by atoms with E-state index in [-0.39, 0.29) is 12.0 Å². The Morgan fingerprint density at radius 3 is 2.65 bits per heavy atom. The predicted octanol–water partition coefficient (Wildman–Crippen LogP) is 2.31. The van der Waals surface area contributed by atoms with Crippen LogP contribution in [0.3, 0.4) is 0 Å². The van der Waals surface area contributed by atoms with Crippen molar-refractivity contribution in [2.75, 3.05) is 26.9 Å². The molecule has 0 aliphatic carbocycles. The van der Waals surface area contributed by atoms with Crippen LogP contribution < -0.4 is 4.74 Å². The molecule has 0 atom stereocenters. The molecule has 1 saturated heterocycles. The fraction of sp³-hybridized carbons (Fsp3) is 0.538. The van der Waals surface area contributed by atoms with Gasteiger partial charge in [-0.25, -0.2) is 0 Å². The third-order valence-corrected chi connectivity index (χ3v) is 3.58. The van der Waals surface area contributed by atoms with Crippen LogP contribution in [0.2, 0.25) is 5.02 Å². The molecule has 1 aliphatic heterocycles. The van der Waals surface area contributed by atoms with Gasteiger partial charge < -0.3 is 14.6 Å². The summed E-state index contributed by atoms with van der Waals surface area (Å²) in [6.07, 6.45) is 0.670. The monoisotopic (exact) mass is 256 g/mol. The Morgan fingerprint density at radius 1 is 1.47 bits per heavy atom. The van der Waals surface area contributed by atoms with Gasteiger partial charge in [0.1, 0.15) is 5.75 Å². The number of halogens is 1. The lowest BCUT2D eigenvalue weighted by Crippen LogP contribution is -2.47. The molecule has 4 heteroatoms.